The molecule has 9 heteroatoms. The number of aryl methyl sites for hydroxylation is 1. The van der Waals surface area contributed by atoms with Gasteiger partial charge in [-0.15, -0.1) is 0 Å². The van der Waals surface area contributed by atoms with E-state index in [-0.39, 0.29) is 17.3 Å². The van der Waals surface area contributed by atoms with Gasteiger partial charge in [0.1, 0.15) is 18.3 Å². The third kappa shape index (κ3) is 7.60. The van der Waals surface area contributed by atoms with Crippen molar-refractivity contribution in [1.82, 2.24) is 10.2 Å². The number of carbonyl (C=O) groups is 2. The number of sulfonamides is 1. The number of benzene rings is 3. The van der Waals surface area contributed by atoms with E-state index in [1.54, 1.807) is 36.4 Å². The topological polar surface area (TPSA) is 96.0 Å². The predicted octanol–water partition coefficient (Wildman–Crippen LogP) is 4.53. The fraction of sp³-hybridized carbons (Fsp3) is 0.333. The van der Waals surface area contributed by atoms with Crippen LogP contribution in [0.25, 0.3) is 0 Å². The Morgan fingerprint density at radius 3 is 2.10 bits per heavy atom. The van der Waals surface area contributed by atoms with Crippen LogP contribution in [0.1, 0.15) is 38.3 Å². The first-order chi connectivity index (χ1) is 18.7. The number of ether oxygens (including phenoxy) is 1. The first-order valence-corrected chi connectivity index (χ1v) is 14.6. The minimum atomic E-state index is -4.13. The van der Waals surface area contributed by atoms with Crippen molar-refractivity contribution in [3.8, 4) is 5.75 Å². The second-order valence-corrected chi connectivity index (χ2v) is 10.9. The molecule has 208 valence electrons. The SMILES string of the molecule is CCNC(=O)[C@@H](CC)N(Cc1ccccc1)C(=O)CN(c1ccc(C)cc1)S(=O)(=O)c1ccc(OCC)cc1. The summed E-state index contributed by atoms with van der Waals surface area (Å²) in [4.78, 5) is 28.4. The summed E-state index contributed by atoms with van der Waals surface area (Å²) in [6, 6.07) is 21.7. The van der Waals surface area contributed by atoms with Gasteiger partial charge in [0.25, 0.3) is 10.0 Å². The van der Waals surface area contributed by atoms with Crippen molar-refractivity contribution >= 4 is 27.5 Å². The van der Waals surface area contributed by atoms with Crippen LogP contribution < -0.4 is 14.4 Å². The van der Waals surface area contributed by atoms with Gasteiger partial charge in [0, 0.05) is 13.1 Å². The van der Waals surface area contributed by atoms with E-state index in [9.17, 15) is 18.0 Å². The number of amides is 2. The van der Waals surface area contributed by atoms with Gasteiger partial charge >= 0.3 is 0 Å². The van der Waals surface area contributed by atoms with Crippen molar-refractivity contribution in [2.75, 3.05) is 24.0 Å². The molecule has 0 aliphatic rings. The number of rotatable bonds is 13. The summed E-state index contributed by atoms with van der Waals surface area (Å²) in [7, 11) is -4.13. The predicted molar refractivity (Wildman–Crippen MR) is 153 cm³/mol. The second-order valence-electron chi connectivity index (χ2n) is 9.08. The van der Waals surface area contributed by atoms with Gasteiger partial charge in [0.2, 0.25) is 11.8 Å². The minimum Gasteiger partial charge on any atom is -0.494 e. The molecule has 2 amide bonds. The average molecular weight is 552 g/mol. The first kappa shape index (κ1) is 29.7. The molecule has 8 nitrogen and oxygen atoms in total. The maximum Gasteiger partial charge on any atom is 0.264 e. The van der Waals surface area contributed by atoms with E-state index in [1.807, 2.05) is 58.0 Å². The zero-order chi connectivity index (χ0) is 28.4. The number of nitrogens with zero attached hydrogens (tertiary/aromatic N) is 2. The van der Waals surface area contributed by atoms with E-state index in [1.165, 1.54) is 17.0 Å². The molecule has 1 N–H and O–H groups in total. The van der Waals surface area contributed by atoms with Crippen LogP contribution in [0, 0.1) is 6.92 Å². The Labute approximate surface area is 231 Å². The Morgan fingerprint density at radius 2 is 1.54 bits per heavy atom. The Morgan fingerprint density at radius 1 is 0.897 bits per heavy atom. The fourth-order valence-corrected chi connectivity index (χ4v) is 5.65. The highest BCUT2D eigenvalue weighted by Gasteiger charge is 2.33. The summed E-state index contributed by atoms with van der Waals surface area (Å²) >= 11 is 0. The van der Waals surface area contributed by atoms with Crippen molar-refractivity contribution in [1.29, 1.82) is 0 Å². The van der Waals surface area contributed by atoms with E-state index in [0.717, 1.165) is 15.4 Å². The molecule has 0 fully saturated rings. The first-order valence-electron chi connectivity index (χ1n) is 13.1. The van der Waals surface area contributed by atoms with Crippen LogP contribution in [-0.2, 0) is 26.2 Å². The van der Waals surface area contributed by atoms with Gasteiger partial charge in [-0.05, 0) is 69.2 Å². The molecule has 0 radical (unpaired) electrons. The number of hydrogen-bond donors (Lipinski definition) is 1. The van der Waals surface area contributed by atoms with Crippen molar-refractivity contribution < 1.29 is 22.7 Å². The maximum absolute atomic E-state index is 13.9. The van der Waals surface area contributed by atoms with Gasteiger partial charge in [0.05, 0.1) is 17.2 Å². The van der Waals surface area contributed by atoms with E-state index in [0.29, 0.717) is 31.0 Å². The highest BCUT2D eigenvalue weighted by molar-refractivity contribution is 7.92. The van der Waals surface area contributed by atoms with Gasteiger partial charge < -0.3 is 15.0 Å². The number of hydrogen-bond acceptors (Lipinski definition) is 5. The van der Waals surface area contributed by atoms with Gasteiger partial charge in [-0.1, -0.05) is 55.0 Å². The normalized spacial score (nSPS) is 11.9. The van der Waals surface area contributed by atoms with Gasteiger partial charge in [-0.2, -0.15) is 0 Å². The largest absolute Gasteiger partial charge is 0.494 e. The lowest BCUT2D eigenvalue weighted by Crippen LogP contribution is -2.52. The summed E-state index contributed by atoms with van der Waals surface area (Å²) < 4.78 is 34.4. The van der Waals surface area contributed by atoms with Gasteiger partial charge in [0.15, 0.2) is 0 Å². The zero-order valence-corrected chi connectivity index (χ0v) is 23.8. The molecule has 0 spiro atoms. The smallest absolute Gasteiger partial charge is 0.264 e. The van der Waals surface area contributed by atoms with Crippen LogP contribution in [-0.4, -0.2) is 50.9 Å². The van der Waals surface area contributed by atoms with E-state index in [2.05, 4.69) is 5.32 Å². The average Bonchev–Trinajstić information content (AvgIpc) is 2.93. The van der Waals surface area contributed by atoms with Crippen LogP contribution in [0.2, 0.25) is 0 Å². The standard InChI is InChI=1S/C30H37N3O5S/c1-5-28(30(35)31-6-2)32(21-24-11-9-8-10-12-24)29(34)22-33(25-15-13-23(4)14-16-25)39(36,37)27-19-17-26(18-20-27)38-7-3/h8-20,28H,5-7,21-22H2,1-4H3,(H,31,35)/t28-/m1/s1. The molecular formula is C30H37N3O5S. The Hall–Kier alpha value is -3.85. The summed E-state index contributed by atoms with van der Waals surface area (Å²) in [5.74, 6) is -0.205. The summed E-state index contributed by atoms with van der Waals surface area (Å²) in [5.41, 5.74) is 2.15. The molecule has 0 unspecified atom stereocenters. The van der Waals surface area contributed by atoms with Gasteiger partial charge in [-0.25, -0.2) is 8.42 Å². The van der Waals surface area contributed by atoms with E-state index >= 15 is 0 Å². The Kier molecular flexibility index (Phi) is 10.5. The van der Waals surface area contributed by atoms with Crippen LogP contribution >= 0.6 is 0 Å². The third-order valence-electron chi connectivity index (χ3n) is 6.26. The van der Waals surface area contributed by atoms with Crippen LogP contribution in [0.3, 0.4) is 0 Å². The van der Waals surface area contributed by atoms with Gasteiger partial charge in [-0.3, -0.25) is 13.9 Å². The molecule has 1 atom stereocenters. The fourth-order valence-electron chi connectivity index (χ4n) is 4.23. The highest BCUT2D eigenvalue weighted by atomic mass is 32.2. The molecular weight excluding hydrogens is 514 g/mol. The molecule has 0 bridgehead atoms. The lowest BCUT2D eigenvalue weighted by Gasteiger charge is -2.33. The number of likely N-dealkylation sites (N-methyl/N-ethyl adjacent to an activating group) is 1. The lowest BCUT2D eigenvalue weighted by atomic mass is 10.1. The highest BCUT2D eigenvalue weighted by Crippen LogP contribution is 2.26. The Balaban J connectivity index is 2.03. The molecule has 0 saturated carbocycles. The minimum absolute atomic E-state index is 0.0321. The Bertz CT molecular complexity index is 1330. The number of anilines is 1. The van der Waals surface area contributed by atoms with Crippen molar-refractivity contribution in [3.63, 3.8) is 0 Å². The summed E-state index contributed by atoms with van der Waals surface area (Å²) in [6.45, 7) is 7.97. The molecule has 0 aliphatic heterocycles. The van der Waals surface area contributed by atoms with Crippen molar-refractivity contribution in [2.45, 2.75) is 51.6 Å². The number of carbonyl (C=O) groups excluding carboxylic acids is 2. The molecule has 0 aromatic heterocycles. The molecule has 3 aromatic carbocycles. The maximum atomic E-state index is 13.9. The molecule has 3 rings (SSSR count). The molecule has 0 heterocycles. The van der Waals surface area contributed by atoms with Crippen molar-refractivity contribution in [2.24, 2.45) is 0 Å². The van der Waals surface area contributed by atoms with Crippen LogP contribution in [0.4, 0.5) is 5.69 Å². The monoisotopic (exact) mass is 551 g/mol. The summed E-state index contributed by atoms with van der Waals surface area (Å²) in [5, 5.41) is 2.80. The van der Waals surface area contributed by atoms with E-state index < -0.39 is 28.5 Å². The quantitative estimate of drug-likeness (QED) is 0.337. The molecule has 0 aliphatic carbocycles. The molecule has 39 heavy (non-hydrogen) atoms. The second kappa shape index (κ2) is 13.8. The van der Waals surface area contributed by atoms with Crippen molar-refractivity contribution in [3.05, 3.63) is 90.0 Å². The molecule has 3 aromatic rings. The van der Waals surface area contributed by atoms with E-state index in [4.69, 9.17) is 4.74 Å². The lowest BCUT2D eigenvalue weighted by molar-refractivity contribution is -0.140. The summed E-state index contributed by atoms with van der Waals surface area (Å²) in [6.07, 6.45) is 0.376. The zero-order valence-electron chi connectivity index (χ0n) is 23.0. The number of nitrogens with one attached hydrogen (secondary N) is 1. The molecule has 0 saturated heterocycles. The van der Waals surface area contributed by atoms with Crippen LogP contribution in [0.15, 0.2) is 83.8 Å². The third-order valence-corrected chi connectivity index (χ3v) is 8.04. The van der Waals surface area contributed by atoms with Crippen LogP contribution in [0.5, 0.6) is 5.75 Å².